The first kappa shape index (κ1) is 14.2. The van der Waals surface area contributed by atoms with Crippen molar-refractivity contribution in [1.29, 1.82) is 0 Å². The van der Waals surface area contributed by atoms with Crippen LogP contribution in [0.25, 0.3) is 0 Å². The third-order valence-corrected chi connectivity index (χ3v) is 4.65. The Balaban J connectivity index is 1.78. The lowest BCUT2D eigenvalue weighted by Crippen LogP contribution is -2.34. The molecule has 3 N–H and O–H groups in total. The van der Waals surface area contributed by atoms with Gasteiger partial charge in [-0.15, -0.1) is 0 Å². The zero-order valence-corrected chi connectivity index (χ0v) is 12.8. The first-order valence-electron chi connectivity index (χ1n) is 7.68. The summed E-state index contributed by atoms with van der Waals surface area (Å²) in [5, 5.41) is 3.58. The highest BCUT2D eigenvalue weighted by atomic mass is 16.2. The Morgan fingerprint density at radius 2 is 2.14 bits per heavy atom. The number of nitrogens with one attached hydrogen (secondary N) is 1. The maximum atomic E-state index is 12.1. The molecule has 0 radical (unpaired) electrons. The summed E-state index contributed by atoms with van der Waals surface area (Å²) < 4.78 is 0. The van der Waals surface area contributed by atoms with Crippen LogP contribution in [0.1, 0.15) is 29.6 Å². The summed E-state index contributed by atoms with van der Waals surface area (Å²) >= 11 is 0. The molecular formula is C16H24N4O. The van der Waals surface area contributed by atoms with E-state index in [4.69, 9.17) is 5.73 Å². The molecule has 1 amide bonds. The number of rotatable bonds is 3. The Bertz CT molecular complexity index is 543. The van der Waals surface area contributed by atoms with Gasteiger partial charge in [-0.05, 0) is 44.0 Å². The van der Waals surface area contributed by atoms with E-state index in [0.29, 0.717) is 23.3 Å². The summed E-state index contributed by atoms with van der Waals surface area (Å²) in [6.45, 7) is 2.38. The lowest BCUT2D eigenvalue weighted by molar-refractivity contribution is 0.0827. The van der Waals surface area contributed by atoms with Gasteiger partial charge in [-0.2, -0.15) is 0 Å². The highest BCUT2D eigenvalue weighted by molar-refractivity contribution is 5.95. The Morgan fingerprint density at radius 1 is 1.33 bits per heavy atom. The first-order chi connectivity index (χ1) is 10.1. The van der Waals surface area contributed by atoms with Crippen LogP contribution >= 0.6 is 0 Å². The number of nitrogens with two attached hydrogens (primary N) is 1. The second-order valence-electron chi connectivity index (χ2n) is 6.29. The van der Waals surface area contributed by atoms with Gasteiger partial charge in [0.1, 0.15) is 0 Å². The zero-order chi connectivity index (χ0) is 15.0. The van der Waals surface area contributed by atoms with E-state index >= 15 is 0 Å². The number of benzene rings is 1. The van der Waals surface area contributed by atoms with Crippen molar-refractivity contribution in [3.05, 3.63) is 23.8 Å². The van der Waals surface area contributed by atoms with Crippen molar-refractivity contribution in [3.63, 3.8) is 0 Å². The van der Waals surface area contributed by atoms with Crippen molar-refractivity contribution in [2.45, 2.75) is 31.3 Å². The Labute approximate surface area is 126 Å². The Hall–Kier alpha value is -1.75. The molecular weight excluding hydrogens is 264 g/mol. The van der Waals surface area contributed by atoms with E-state index < -0.39 is 0 Å². The first-order valence-corrected chi connectivity index (χ1v) is 7.68. The van der Waals surface area contributed by atoms with E-state index in [1.807, 2.05) is 12.1 Å². The average Bonchev–Trinajstić information content (AvgIpc) is 3.05. The second-order valence-corrected chi connectivity index (χ2v) is 6.29. The van der Waals surface area contributed by atoms with Crippen molar-refractivity contribution in [2.75, 3.05) is 38.2 Å². The molecule has 2 aliphatic heterocycles. The molecule has 5 nitrogen and oxygen atoms in total. The van der Waals surface area contributed by atoms with Crippen molar-refractivity contribution in [3.8, 4) is 0 Å². The van der Waals surface area contributed by atoms with E-state index in [0.717, 1.165) is 12.1 Å². The summed E-state index contributed by atoms with van der Waals surface area (Å²) in [5.74, 6) is 0.00645. The molecule has 0 spiro atoms. The fourth-order valence-corrected chi connectivity index (χ4v) is 3.52. The van der Waals surface area contributed by atoms with Gasteiger partial charge in [-0.25, -0.2) is 0 Å². The number of carbonyl (C=O) groups excluding carboxylic acids is 1. The molecule has 1 aromatic carbocycles. The van der Waals surface area contributed by atoms with Crippen LogP contribution in [-0.2, 0) is 0 Å². The number of nitrogens with zero attached hydrogens (tertiary/aromatic N) is 2. The summed E-state index contributed by atoms with van der Waals surface area (Å²) in [6.07, 6.45) is 3.70. The molecule has 2 atom stereocenters. The molecule has 2 aliphatic rings. The molecule has 114 valence electrons. The maximum Gasteiger partial charge on any atom is 0.253 e. The number of hydrogen-bond acceptors (Lipinski definition) is 4. The van der Waals surface area contributed by atoms with Gasteiger partial charge in [0.15, 0.2) is 0 Å². The van der Waals surface area contributed by atoms with Crippen LogP contribution in [0.3, 0.4) is 0 Å². The maximum absolute atomic E-state index is 12.1. The number of anilines is 2. The lowest BCUT2D eigenvalue weighted by atomic mass is 10.1. The van der Waals surface area contributed by atoms with Crippen LogP contribution in [0.15, 0.2) is 18.2 Å². The molecule has 0 saturated carbocycles. The molecule has 3 rings (SSSR count). The number of nitrogen functional groups attached to an aromatic ring is 1. The zero-order valence-electron chi connectivity index (χ0n) is 12.8. The van der Waals surface area contributed by atoms with Crippen LogP contribution in [0.4, 0.5) is 11.4 Å². The molecule has 0 bridgehead atoms. The minimum atomic E-state index is 0.00645. The minimum Gasteiger partial charge on any atom is -0.397 e. The van der Waals surface area contributed by atoms with Crippen LogP contribution in [0.5, 0.6) is 0 Å². The smallest absolute Gasteiger partial charge is 0.253 e. The predicted octanol–water partition coefficient (Wildman–Crippen LogP) is 1.62. The van der Waals surface area contributed by atoms with E-state index in [1.165, 1.54) is 25.9 Å². The summed E-state index contributed by atoms with van der Waals surface area (Å²) in [7, 11) is 3.53. The van der Waals surface area contributed by atoms with Gasteiger partial charge in [0.25, 0.3) is 5.91 Å². The van der Waals surface area contributed by atoms with E-state index in [2.05, 4.69) is 10.2 Å². The number of fused-ring (bicyclic) bond motifs is 1. The summed E-state index contributed by atoms with van der Waals surface area (Å²) in [5.41, 5.74) is 8.36. The van der Waals surface area contributed by atoms with Crippen molar-refractivity contribution >= 4 is 17.3 Å². The number of hydrogen-bond donors (Lipinski definition) is 2. The second kappa shape index (κ2) is 5.56. The third kappa shape index (κ3) is 2.70. The Kier molecular flexibility index (Phi) is 3.76. The van der Waals surface area contributed by atoms with Gasteiger partial charge in [0.2, 0.25) is 0 Å². The minimum absolute atomic E-state index is 0.00645. The lowest BCUT2D eigenvalue weighted by Gasteiger charge is -2.23. The number of amides is 1. The van der Waals surface area contributed by atoms with Gasteiger partial charge >= 0.3 is 0 Å². The average molecular weight is 288 g/mol. The molecule has 2 heterocycles. The largest absolute Gasteiger partial charge is 0.397 e. The number of carbonyl (C=O) groups is 1. The molecule has 2 fully saturated rings. The van der Waals surface area contributed by atoms with Crippen molar-refractivity contribution in [1.82, 2.24) is 9.80 Å². The summed E-state index contributed by atoms with van der Waals surface area (Å²) in [6, 6.07) is 6.56. The van der Waals surface area contributed by atoms with Gasteiger partial charge in [0, 0.05) is 38.3 Å². The van der Waals surface area contributed by atoms with E-state index in [9.17, 15) is 4.79 Å². The van der Waals surface area contributed by atoms with Gasteiger partial charge in [0.05, 0.1) is 11.4 Å². The molecule has 2 unspecified atom stereocenters. The third-order valence-electron chi connectivity index (χ3n) is 4.65. The summed E-state index contributed by atoms with van der Waals surface area (Å²) in [4.78, 5) is 16.2. The standard InChI is InChI=1S/C16H24N4O/c1-19(2)16(21)11-5-6-12(17)14(10-11)18-13-7-9-20-8-3-4-15(13)20/h5-6,10,13,15,18H,3-4,7-9,17H2,1-2H3. The van der Waals surface area contributed by atoms with Crippen LogP contribution in [-0.4, -0.2) is 55.0 Å². The van der Waals surface area contributed by atoms with Gasteiger partial charge in [-0.1, -0.05) is 0 Å². The molecule has 2 saturated heterocycles. The Morgan fingerprint density at radius 3 is 2.90 bits per heavy atom. The predicted molar refractivity (Wildman–Crippen MR) is 85.5 cm³/mol. The van der Waals surface area contributed by atoms with Crippen LogP contribution in [0.2, 0.25) is 0 Å². The van der Waals surface area contributed by atoms with E-state index in [1.54, 1.807) is 25.1 Å². The van der Waals surface area contributed by atoms with Crippen LogP contribution < -0.4 is 11.1 Å². The van der Waals surface area contributed by atoms with Crippen molar-refractivity contribution < 1.29 is 4.79 Å². The SMILES string of the molecule is CN(C)C(=O)c1ccc(N)c(NC2CCN3CCCC23)c1. The topological polar surface area (TPSA) is 61.6 Å². The fourth-order valence-electron chi connectivity index (χ4n) is 3.52. The van der Waals surface area contributed by atoms with E-state index in [-0.39, 0.29) is 5.91 Å². The molecule has 0 aliphatic carbocycles. The normalized spacial score (nSPS) is 24.9. The molecule has 5 heteroatoms. The quantitative estimate of drug-likeness (QED) is 0.830. The fraction of sp³-hybridized carbons (Fsp3) is 0.562. The highest BCUT2D eigenvalue weighted by Crippen LogP contribution is 2.31. The van der Waals surface area contributed by atoms with Gasteiger partial charge < -0.3 is 16.0 Å². The highest BCUT2D eigenvalue weighted by Gasteiger charge is 2.37. The van der Waals surface area contributed by atoms with Crippen molar-refractivity contribution in [2.24, 2.45) is 0 Å². The molecule has 0 aromatic heterocycles. The van der Waals surface area contributed by atoms with Gasteiger partial charge in [-0.3, -0.25) is 9.69 Å². The molecule has 21 heavy (non-hydrogen) atoms. The monoisotopic (exact) mass is 288 g/mol. The molecule has 1 aromatic rings. The van der Waals surface area contributed by atoms with Crippen LogP contribution in [0, 0.1) is 0 Å².